The Morgan fingerprint density at radius 3 is 2.42 bits per heavy atom. The summed E-state index contributed by atoms with van der Waals surface area (Å²) in [6, 6.07) is 12.7. The van der Waals surface area contributed by atoms with Gasteiger partial charge in [0.1, 0.15) is 5.82 Å². The van der Waals surface area contributed by atoms with Crippen molar-refractivity contribution in [2.75, 3.05) is 11.6 Å². The molecule has 0 amide bonds. The molecule has 2 aromatic rings. The largest absolute Gasteiger partial charge is 0.356 e. The smallest absolute Gasteiger partial charge is 0.175 e. The third-order valence-corrected chi connectivity index (χ3v) is 4.86. The van der Waals surface area contributed by atoms with E-state index in [9.17, 15) is 12.8 Å². The minimum atomic E-state index is -3.21. The number of hydrogen-bond acceptors (Lipinski definition) is 3. The van der Waals surface area contributed by atoms with Crippen molar-refractivity contribution in [2.24, 2.45) is 0 Å². The first-order chi connectivity index (χ1) is 11.3. The molecule has 0 fully saturated rings. The number of sulfone groups is 1. The van der Waals surface area contributed by atoms with Gasteiger partial charge in [0.05, 0.1) is 10.9 Å². The van der Waals surface area contributed by atoms with Gasteiger partial charge in [-0.1, -0.05) is 25.1 Å². The van der Waals surface area contributed by atoms with Gasteiger partial charge >= 0.3 is 0 Å². The topological polar surface area (TPSA) is 58.2 Å². The third-order valence-electron chi connectivity index (χ3n) is 3.51. The highest BCUT2D eigenvalue weighted by atomic mass is 32.2. The first-order valence-corrected chi connectivity index (χ1v) is 9.72. The van der Waals surface area contributed by atoms with E-state index in [1.54, 1.807) is 36.4 Å². The third kappa shape index (κ3) is 5.01. The number of nitrogens with one attached hydrogen (secondary N) is 2. The van der Waals surface area contributed by atoms with Crippen molar-refractivity contribution in [3.05, 3.63) is 59.9 Å². The Hall–Kier alpha value is -1.99. The van der Waals surface area contributed by atoms with E-state index in [2.05, 4.69) is 10.6 Å². The number of halogens is 1. The summed E-state index contributed by atoms with van der Waals surface area (Å²) >= 11 is 5.27. The van der Waals surface area contributed by atoms with E-state index in [4.69, 9.17) is 12.2 Å². The van der Waals surface area contributed by atoms with Crippen LogP contribution in [-0.4, -0.2) is 19.8 Å². The van der Waals surface area contributed by atoms with Crippen LogP contribution in [0.4, 0.5) is 10.1 Å². The fraction of sp³-hybridized carbons (Fsp3) is 0.235. The number of benzene rings is 2. The molecular weight excluding hydrogens is 347 g/mol. The normalized spacial score (nSPS) is 12.5. The molecule has 7 heteroatoms. The van der Waals surface area contributed by atoms with Crippen LogP contribution < -0.4 is 10.6 Å². The van der Waals surface area contributed by atoms with Crippen LogP contribution in [-0.2, 0) is 9.84 Å². The molecule has 0 unspecified atom stereocenters. The lowest BCUT2D eigenvalue weighted by molar-refractivity contribution is 0.601. The lowest BCUT2D eigenvalue weighted by Gasteiger charge is -2.20. The van der Waals surface area contributed by atoms with E-state index < -0.39 is 9.84 Å². The van der Waals surface area contributed by atoms with Crippen LogP contribution >= 0.6 is 12.2 Å². The van der Waals surface area contributed by atoms with Crippen molar-refractivity contribution in [2.45, 2.75) is 24.3 Å². The highest BCUT2D eigenvalue weighted by Crippen LogP contribution is 2.19. The quantitative estimate of drug-likeness (QED) is 0.791. The SMILES string of the molecule is CC[C@@H](NC(=S)Nc1cccc(F)c1)c1ccc(S(C)(=O)=O)cc1. The van der Waals surface area contributed by atoms with Crippen molar-refractivity contribution in [3.63, 3.8) is 0 Å². The molecule has 0 aliphatic heterocycles. The molecular formula is C17H19FN2O2S2. The second-order valence-corrected chi connectivity index (χ2v) is 7.83. The summed E-state index contributed by atoms with van der Waals surface area (Å²) in [5.41, 5.74) is 1.49. The molecule has 1 atom stereocenters. The monoisotopic (exact) mass is 366 g/mol. The van der Waals surface area contributed by atoms with Crippen LogP contribution in [0.15, 0.2) is 53.4 Å². The highest BCUT2D eigenvalue weighted by molar-refractivity contribution is 7.90. The van der Waals surface area contributed by atoms with E-state index in [0.717, 1.165) is 12.0 Å². The van der Waals surface area contributed by atoms with Crippen LogP contribution in [0.5, 0.6) is 0 Å². The van der Waals surface area contributed by atoms with Gasteiger partial charge in [-0.3, -0.25) is 0 Å². The summed E-state index contributed by atoms with van der Waals surface area (Å²) in [5, 5.41) is 6.47. The zero-order valence-corrected chi connectivity index (χ0v) is 15.0. The lowest BCUT2D eigenvalue weighted by atomic mass is 10.1. The van der Waals surface area contributed by atoms with Gasteiger partial charge in [-0.25, -0.2) is 12.8 Å². The van der Waals surface area contributed by atoms with Gasteiger partial charge < -0.3 is 10.6 Å². The van der Waals surface area contributed by atoms with E-state index in [-0.39, 0.29) is 16.8 Å². The molecule has 0 saturated carbocycles. The minimum Gasteiger partial charge on any atom is -0.356 e. The Kier molecular flexibility index (Phi) is 5.90. The van der Waals surface area contributed by atoms with Crippen LogP contribution in [0.25, 0.3) is 0 Å². The van der Waals surface area contributed by atoms with E-state index in [1.165, 1.54) is 18.4 Å². The van der Waals surface area contributed by atoms with Crippen molar-refractivity contribution in [3.8, 4) is 0 Å². The molecule has 0 aliphatic rings. The average Bonchev–Trinajstić information content (AvgIpc) is 2.52. The second kappa shape index (κ2) is 7.72. The molecule has 0 radical (unpaired) electrons. The Morgan fingerprint density at radius 1 is 1.21 bits per heavy atom. The van der Waals surface area contributed by atoms with Gasteiger partial charge in [-0.2, -0.15) is 0 Å². The fourth-order valence-electron chi connectivity index (χ4n) is 2.26. The molecule has 128 valence electrons. The number of rotatable bonds is 5. The predicted octanol–water partition coefficient (Wildman–Crippen LogP) is 3.67. The molecule has 2 N–H and O–H groups in total. The number of hydrogen-bond donors (Lipinski definition) is 2. The molecule has 4 nitrogen and oxygen atoms in total. The van der Waals surface area contributed by atoms with E-state index in [0.29, 0.717) is 10.8 Å². The molecule has 0 saturated heterocycles. The summed E-state index contributed by atoms with van der Waals surface area (Å²) in [6.45, 7) is 1.99. The molecule has 24 heavy (non-hydrogen) atoms. The first kappa shape index (κ1) is 18.4. The predicted molar refractivity (Wildman–Crippen MR) is 98.3 cm³/mol. The molecule has 0 aliphatic carbocycles. The van der Waals surface area contributed by atoms with E-state index >= 15 is 0 Å². The second-order valence-electron chi connectivity index (χ2n) is 5.41. The maximum atomic E-state index is 13.2. The van der Waals surface area contributed by atoms with E-state index in [1.807, 2.05) is 6.92 Å². The standard InChI is InChI=1S/C17H19FN2O2S2/c1-3-16(12-7-9-15(10-8-12)24(2,21)22)20-17(23)19-14-6-4-5-13(18)11-14/h4-11,16H,3H2,1-2H3,(H2,19,20,23)/t16-/m1/s1. The van der Waals surface area contributed by atoms with Crippen LogP contribution in [0.2, 0.25) is 0 Å². The van der Waals surface area contributed by atoms with Gasteiger partial charge in [0.2, 0.25) is 0 Å². The van der Waals surface area contributed by atoms with Gasteiger partial charge in [0.25, 0.3) is 0 Å². The number of anilines is 1. The van der Waals surface area contributed by atoms with Gasteiger partial charge in [-0.15, -0.1) is 0 Å². The molecule has 0 aromatic heterocycles. The Labute approximate surface area is 147 Å². The van der Waals surface area contributed by atoms with Crippen molar-refractivity contribution >= 4 is 32.9 Å². The summed E-state index contributed by atoms with van der Waals surface area (Å²) in [4.78, 5) is 0.279. The van der Waals surface area contributed by atoms with Crippen LogP contribution in [0, 0.1) is 5.82 Å². The molecule has 2 rings (SSSR count). The highest BCUT2D eigenvalue weighted by Gasteiger charge is 2.13. The van der Waals surface area contributed by atoms with Gasteiger partial charge in [0, 0.05) is 11.9 Å². The maximum absolute atomic E-state index is 13.2. The Morgan fingerprint density at radius 2 is 1.88 bits per heavy atom. The summed E-state index contributed by atoms with van der Waals surface area (Å²) in [6.07, 6.45) is 1.93. The maximum Gasteiger partial charge on any atom is 0.175 e. The van der Waals surface area contributed by atoms with Crippen LogP contribution in [0.3, 0.4) is 0 Å². The molecule has 0 bridgehead atoms. The summed E-state index contributed by atoms with van der Waals surface area (Å²) < 4.78 is 36.2. The number of thiocarbonyl (C=S) groups is 1. The Bertz CT molecular complexity index is 821. The van der Waals surface area contributed by atoms with Crippen molar-refractivity contribution in [1.82, 2.24) is 5.32 Å². The zero-order valence-electron chi connectivity index (χ0n) is 13.4. The van der Waals surface area contributed by atoms with Gasteiger partial charge in [0.15, 0.2) is 14.9 Å². The minimum absolute atomic E-state index is 0.0767. The zero-order chi connectivity index (χ0) is 17.7. The molecule has 0 spiro atoms. The molecule has 2 aromatic carbocycles. The first-order valence-electron chi connectivity index (χ1n) is 7.42. The lowest BCUT2D eigenvalue weighted by Crippen LogP contribution is -2.32. The Balaban J connectivity index is 2.07. The van der Waals surface area contributed by atoms with Crippen LogP contribution in [0.1, 0.15) is 24.9 Å². The summed E-state index contributed by atoms with van der Waals surface area (Å²) in [5.74, 6) is -0.341. The van der Waals surface area contributed by atoms with Crippen molar-refractivity contribution in [1.29, 1.82) is 0 Å². The fourth-order valence-corrected chi connectivity index (χ4v) is 3.15. The van der Waals surface area contributed by atoms with Crippen molar-refractivity contribution < 1.29 is 12.8 Å². The summed E-state index contributed by atoms with van der Waals surface area (Å²) in [7, 11) is -3.21. The van der Waals surface area contributed by atoms with Gasteiger partial charge in [-0.05, 0) is 54.5 Å². The average molecular weight is 366 g/mol. The molecule has 0 heterocycles.